The van der Waals surface area contributed by atoms with E-state index in [0.29, 0.717) is 13.1 Å². The van der Waals surface area contributed by atoms with Gasteiger partial charge in [0.15, 0.2) is 0 Å². The molecule has 2 unspecified atom stereocenters. The summed E-state index contributed by atoms with van der Waals surface area (Å²) < 4.78 is 18.1. The molecule has 0 saturated heterocycles. The van der Waals surface area contributed by atoms with Gasteiger partial charge in [-0.3, -0.25) is 14.4 Å². The van der Waals surface area contributed by atoms with Gasteiger partial charge in [-0.1, -0.05) is 55.7 Å². The Balaban J connectivity index is 0.000000380. The zero-order valence-corrected chi connectivity index (χ0v) is 24.5. The topological polar surface area (TPSA) is 99.8 Å². The first-order valence-electron chi connectivity index (χ1n) is 14.0. The predicted molar refractivity (Wildman–Crippen MR) is 156 cm³/mol. The van der Waals surface area contributed by atoms with E-state index < -0.39 is 6.04 Å². The number of amides is 3. The fourth-order valence-electron chi connectivity index (χ4n) is 3.64. The van der Waals surface area contributed by atoms with Gasteiger partial charge in [0.25, 0.3) is 0 Å². The molecule has 2 aromatic rings. The van der Waals surface area contributed by atoms with Crippen LogP contribution < -0.4 is 20.7 Å². The lowest BCUT2D eigenvalue weighted by Gasteiger charge is -2.24. The summed E-state index contributed by atoms with van der Waals surface area (Å²) >= 11 is 0. The van der Waals surface area contributed by atoms with E-state index in [1.165, 1.54) is 29.9 Å². The maximum atomic E-state index is 12.4. The van der Waals surface area contributed by atoms with Crippen LogP contribution >= 0.6 is 0 Å². The van der Waals surface area contributed by atoms with Crippen molar-refractivity contribution >= 4 is 17.7 Å². The summed E-state index contributed by atoms with van der Waals surface area (Å²) in [5, 5.41) is 8.49. The van der Waals surface area contributed by atoms with Gasteiger partial charge >= 0.3 is 0 Å². The van der Waals surface area contributed by atoms with Gasteiger partial charge in [-0.05, 0) is 63.3 Å². The second-order valence-electron chi connectivity index (χ2n) is 10.6. The first-order chi connectivity index (χ1) is 19.0. The smallest absolute Gasteiger partial charge is 0.240 e. The Bertz CT molecular complexity index is 1050. The van der Waals surface area contributed by atoms with Crippen molar-refractivity contribution in [3.05, 3.63) is 65.5 Å². The Labute approximate surface area is 238 Å². The van der Waals surface area contributed by atoms with Crippen LogP contribution in [0.2, 0.25) is 0 Å². The number of para-hydroxylation sites is 1. The first kappa shape index (κ1) is 32.8. The van der Waals surface area contributed by atoms with Crippen molar-refractivity contribution in [3.8, 4) is 5.75 Å². The summed E-state index contributed by atoms with van der Waals surface area (Å²) in [6, 6.07) is 13.8. The number of nitrogens with one attached hydrogen (secondary N) is 3. The van der Waals surface area contributed by atoms with Crippen LogP contribution in [0.1, 0.15) is 51.2 Å². The highest BCUT2D eigenvalue weighted by Crippen LogP contribution is 2.26. The number of carbonyl (C=O) groups excluding carboxylic acids is 3. The number of halogens is 1. The second-order valence-corrected chi connectivity index (χ2v) is 10.6. The van der Waals surface area contributed by atoms with Crippen LogP contribution in [0.5, 0.6) is 5.75 Å². The molecule has 9 heteroatoms. The molecule has 0 spiro atoms. The molecule has 0 aromatic heterocycles. The average Bonchev–Trinajstić information content (AvgIpc) is 3.72. The molecule has 40 heavy (non-hydrogen) atoms. The molecule has 0 radical (unpaired) electrons. The fourth-order valence-corrected chi connectivity index (χ4v) is 3.64. The first-order valence-corrected chi connectivity index (χ1v) is 14.0. The number of likely N-dealkylation sites (N-methyl/N-ethyl adjacent to an activating group) is 1. The molecule has 1 heterocycles. The van der Waals surface area contributed by atoms with E-state index in [-0.39, 0.29) is 42.7 Å². The predicted octanol–water partition coefficient (Wildman–Crippen LogP) is 3.62. The highest BCUT2D eigenvalue weighted by atomic mass is 19.1. The van der Waals surface area contributed by atoms with E-state index in [1.54, 1.807) is 26.1 Å². The minimum absolute atomic E-state index is 0.0996. The Kier molecular flexibility index (Phi) is 14.1. The summed E-state index contributed by atoms with van der Waals surface area (Å²) in [7, 11) is 1.56. The summed E-state index contributed by atoms with van der Waals surface area (Å²) in [6.45, 7) is 8.70. The summed E-state index contributed by atoms with van der Waals surface area (Å²) in [5.41, 5.74) is 2.16. The van der Waals surface area contributed by atoms with Gasteiger partial charge in [0.05, 0.1) is 19.1 Å². The third-order valence-electron chi connectivity index (χ3n) is 6.41. The van der Waals surface area contributed by atoms with Crippen LogP contribution in [-0.4, -0.2) is 68.0 Å². The number of hydrogen-bond donors (Lipinski definition) is 3. The molecule has 2 aliphatic rings. The monoisotopic (exact) mass is 556 g/mol. The Morgan fingerprint density at radius 3 is 2.20 bits per heavy atom. The van der Waals surface area contributed by atoms with Crippen LogP contribution in [0.3, 0.4) is 0 Å². The normalized spacial score (nSPS) is 20.9. The number of rotatable bonds is 0. The van der Waals surface area contributed by atoms with Crippen molar-refractivity contribution in [2.75, 3.05) is 33.2 Å². The summed E-state index contributed by atoms with van der Waals surface area (Å²) in [6.07, 6.45) is 4.37. The van der Waals surface area contributed by atoms with E-state index in [9.17, 15) is 18.8 Å². The van der Waals surface area contributed by atoms with Crippen molar-refractivity contribution in [1.29, 1.82) is 0 Å². The molecule has 3 amide bonds. The third kappa shape index (κ3) is 13.6. The number of nitrogens with zero attached hydrogens (tertiary/aromatic N) is 1. The SMILES string of the molecule is CC1CC1.CC1CNC(C)C(=O)N(C)CC(=O)NCC(=O)NCCCc2ccccc2O1.Cc1ccc(F)cc1. The van der Waals surface area contributed by atoms with Gasteiger partial charge in [-0.25, -0.2) is 4.39 Å². The van der Waals surface area contributed by atoms with Gasteiger partial charge in [-0.15, -0.1) is 0 Å². The van der Waals surface area contributed by atoms with Gasteiger partial charge < -0.3 is 25.6 Å². The van der Waals surface area contributed by atoms with Crippen LogP contribution in [0.25, 0.3) is 0 Å². The van der Waals surface area contributed by atoms with Gasteiger partial charge in [0.2, 0.25) is 17.7 Å². The molecule has 0 bridgehead atoms. The van der Waals surface area contributed by atoms with Crippen molar-refractivity contribution in [2.45, 2.75) is 65.5 Å². The summed E-state index contributed by atoms with van der Waals surface area (Å²) in [5.74, 6) is 0.901. The van der Waals surface area contributed by atoms with Gasteiger partial charge in [0.1, 0.15) is 17.7 Å². The Hall–Kier alpha value is -3.46. The maximum absolute atomic E-state index is 12.4. The molecule has 2 atom stereocenters. The lowest BCUT2D eigenvalue weighted by atomic mass is 10.1. The zero-order valence-electron chi connectivity index (χ0n) is 24.5. The summed E-state index contributed by atoms with van der Waals surface area (Å²) in [4.78, 5) is 37.6. The van der Waals surface area contributed by atoms with Crippen molar-refractivity contribution < 1.29 is 23.5 Å². The lowest BCUT2D eigenvalue weighted by Crippen LogP contribution is -2.49. The van der Waals surface area contributed by atoms with Crippen molar-refractivity contribution in [1.82, 2.24) is 20.9 Å². The number of ether oxygens (including phenoxy) is 1. The van der Waals surface area contributed by atoms with E-state index in [0.717, 1.165) is 35.6 Å². The highest BCUT2D eigenvalue weighted by Gasteiger charge is 2.20. The minimum Gasteiger partial charge on any atom is -0.489 e. The van der Waals surface area contributed by atoms with E-state index in [1.807, 2.05) is 38.1 Å². The lowest BCUT2D eigenvalue weighted by molar-refractivity contribution is -0.136. The van der Waals surface area contributed by atoms with Crippen LogP contribution in [0.15, 0.2) is 48.5 Å². The third-order valence-corrected chi connectivity index (χ3v) is 6.41. The molecule has 220 valence electrons. The molecule has 8 nitrogen and oxygen atoms in total. The van der Waals surface area contributed by atoms with Crippen LogP contribution in [0, 0.1) is 18.7 Å². The number of hydrogen-bond acceptors (Lipinski definition) is 5. The number of fused-ring (bicyclic) bond motifs is 1. The zero-order chi connectivity index (χ0) is 29.5. The molecule has 1 aliphatic heterocycles. The molecule has 3 N–H and O–H groups in total. The largest absolute Gasteiger partial charge is 0.489 e. The number of aryl methyl sites for hydroxylation is 2. The molecular weight excluding hydrogens is 511 g/mol. The molecule has 1 fully saturated rings. The van der Waals surface area contributed by atoms with E-state index >= 15 is 0 Å². The quantitative estimate of drug-likeness (QED) is 0.460. The van der Waals surface area contributed by atoms with Gasteiger partial charge in [-0.2, -0.15) is 0 Å². The Morgan fingerprint density at radius 1 is 0.925 bits per heavy atom. The maximum Gasteiger partial charge on any atom is 0.240 e. The van der Waals surface area contributed by atoms with Gasteiger partial charge in [0, 0.05) is 20.1 Å². The standard InChI is InChI=1S/C20H30N4O4.C7H7F.C4H8/c1-14-11-22-15(2)20(27)24(3)13-19(26)23-12-18(25)21-10-6-8-16-7-4-5-9-17(16)28-14;1-6-2-4-7(8)5-3-6;1-4-2-3-4/h4-5,7,9,14-15,22H,6,8,10-13H2,1-3H3,(H,21,25)(H,23,26);2-5H,1H3;4H,2-3H2,1H3. The molecule has 1 aliphatic carbocycles. The average molecular weight is 557 g/mol. The minimum atomic E-state index is -0.457. The molecular formula is C31H45FN4O4. The molecule has 4 rings (SSSR count). The second kappa shape index (κ2) is 17.3. The van der Waals surface area contributed by atoms with Crippen molar-refractivity contribution in [2.24, 2.45) is 5.92 Å². The van der Waals surface area contributed by atoms with Crippen LogP contribution in [0.4, 0.5) is 4.39 Å². The molecule has 2 aromatic carbocycles. The molecule has 1 saturated carbocycles. The van der Waals surface area contributed by atoms with Crippen LogP contribution in [-0.2, 0) is 20.8 Å². The van der Waals surface area contributed by atoms with Crippen molar-refractivity contribution in [3.63, 3.8) is 0 Å². The van der Waals surface area contributed by atoms with E-state index in [4.69, 9.17) is 4.74 Å². The highest BCUT2D eigenvalue weighted by molar-refractivity contribution is 5.89. The Morgan fingerprint density at radius 2 is 1.57 bits per heavy atom. The van der Waals surface area contributed by atoms with E-state index in [2.05, 4.69) is 22.9 Å². The fraction of sp³-hybridized carbons (Fsp3) is 0.516. The number of carbonyl (C=O) groups is 3. The number of benzene rings is 2.